The topological polar surface area (TPSA) is 88.2 Å². The van der Waals surface area contributed by atoms with Gasteiger partial charge in [-0.3, -0.25) is 9.52 Å². The van der Waals surface area contributed by atoms with Crippen LogP contribution >= 0.6 is 11.3 Å². The molecule has 3 aromatic carbocycles. The standard InChI is InChI=1S/C28H23N3O3S2/c1-36(33,34)31-27-24(21-15-8-9-16-22(21)29-26(27)20-13-6-3-7-14-20)28(32)30-25(23-17-10-18-35-23)19-11-4-2-5-12-19/h2-18,25,31H,1H3,(H,30,32). The molecule has 8 heteroatoms. The molecule has 5 rings (SSSR count). The van der Waals surface area contributed by atoms with Crippen LogP contribution in [0.3, 0.4) is 0 Å². The molecule has 2 N–H and O–H groups in total. The van der Waals surface area contributed by atoms with Crippen LogP contribution in [0.4, 0.5) is 5.69 Å². The quantitative estimate of drug-likeness (QED) is 0.286. The van der Waals surface area contributed by atoms with Crippen LogP contribution in [0.25, 0.3) is 22.2 Å². The van der Waals surface area contributed by atoms with Crippen molar-refractivity contribution in [2.45, 2.75) is 6.04 Å². The van der Waals surface area contributed by atoms with Gasteiger partial charge in [-0.1, -0.05) is 84.9 Å². The Morgan fingerprint density at radius 1 is 0.861 bits per heavy atom. The van der Waals surface area contributed by atoms with Crippen molar-refractivity contribution in [3.63, 3.8) is 0 Å². The van der Waals surface area contributed by atoms with Crippen molar-refractivity contribution in [1.29, 1.82) is 0 Å². The number of pyridine rings is 1. The number of para-hydroxylation sites is 1. The lowest BCUT2D eigenvalue weighted by molar-refractivity contribution is 0.0946. The molecule has 1 atom stereocenters. The number of nitrogens with one attached hydrogen (secondary N) is 2. The molecule has 0 saturated carbocycles. The van der Waals surface area contributed by atoms with Crippen molar-refractivity contribution >= 4 is 43.9 Å². The maximum absolute atomic E-state index is 14.1. The van der Waals surface area contributed by atoms with E-state index in [4.69, 9.17) is 4.98 Å². The highest BCUT2D eigenvalue weighted by molar-refractivity contribution is 7.92. The number of carbonyl (C=O) groups excluding carboxylic acids is 1. The van der Waals surface area contributed by atoms with Crippen molar-refractivity contribution in [1.82, 2.24) is 10.3 Å². The molecule has 5 aromatic rings. The van der Waals surface area contributed by atoms with E-state index >= 15 is 0 Å². The zero-order valence-electron chi connectivity index (χ0n) is 19.4. The molecule has 36 heavy (non-hydrogen) atoms. The first kappa shape index (κ1) is 23.7. The van der Waals surface area contributed by atoms with E-state index in [1.165, 1.54) is 0 Å². The molecular weight excluding hydrogens is 490 g/mol. The van der Waals surface area contributed by atoms with E-state index in [1.54, 1.807) is 23.5 Å². The van der Waals surface area contributed by atoms with Crippen LogP contribution in [0.5, 0.6) is 0 Å². The molecule has 1 amide bonds. The molecular formula is C28H23N3O3S2. The molecule has 2 heterocycles. The van der Waals surface area contributed by atoms with Gasteiger partial charge < -0.3 is 5.32 Å². The summed E-state index contributed by atoms with van der Waals surface area (Å²) in [5.74, 6) is -0.404. The van der Waals surface area contributed by atoms with E-state index < -0.39 is 22.0 Å². The number of thiophene rings is 1. The van der Waals surface area contributed by atoms with Crippen molar-refractivity contribution in [3.05, 3.63) is 118 Å². The van der Waals surface area contributed by atoms with Gasteiger partial charge in [-0.05, 0) is 23.1 Å². The second-order valence-electron chi connectivity index (χ2n) is 8.30. The van der Waals surface area contributed by atoms with E-state index in [-0.39, 0.29) is 11.3 Å². The SMILES string of the molecule is CS(=O)(=O)Nc1c(-c2ccccc2)nc2ccccc2c1C(=O)NC(c1ccccc1)c1cccs1. The highest BCUT2D eigenvalue weighted by atomic mass is 32.2. The van der Waals surface area contributed by atoms with E-state index in [9.17, 15) is 13.2 Å². The fourth-order valence-corrected chi connectivity index (χ4v) is 5.53. The Balaban J connectivity index is 1.72. The number of hydrogen-bond acceptors (Lipinski definition) is 5. The van der Waals surface area contributed by atoms with Gasteiger partial charge in [0.15, 0.2) is 0 Å². The Kier molecular flexibility index (Phi) is 6.54. The maximum Gasteiger partial charge on any atom is 0.254 e. The fourth-order valence-electron chi connectivity index (χ4n) is 4.16. The first-order valence-corrected chi connectivity index (χ1v) is 14.0. The van der Waals surface area contributed by atoms with Crippen molar-refractivity contribution < 1.29 is 13.2 Å². The minimum atomic E-state index is -3.72. The number of amides is 1. The summed E-state index contributed by atoms with van der Waals surface area (Å²) in [6.45, 7) is 0. The van der Waals surface area contributed by atoms with Gasteiger partial charge >= 0.3 is 0 Å². The summed E-state index contributed by atoms with van der Waals surface area (Å²) in [6.07, 6.45) is 1.07. The van der Waals surface area contributed by atoms with Gasteiger partial charge in [0.05, 0.1) is 34.8 Å². The molecule has 2 aromatic heterocycles. The molecule has 1 unspecified atom stereocenters. The maximum atomic E-state index is 14.1. The predicted molar refractivity (Wildman–Crippen MR) is 146 cm³/mol. The molecule has 0 spiro atoms. The van der Waals surface area contributed by atoms with E-state index in [2.05, 4.69) is 10.0 Å². The number of nitrogens with zero attached hydrogens (tertiary/aromatic N) is 1. The lowest BCUT2D eigenvalue weighted by Gasteiger charge is -2.22. The van der Waals surface area contributed by atoms with Crippen molar-refractivity contribution in [2.24, 2.45) is 0 Å². The molecule has 0 fully saturated rings. The van der Waals surface area contributed by atoms with Crippen molar-refractivity contribution in [2.75, 3.05) is 11.0 Å². The second-order valence-corrected chi connectivity index (χ2v) is 11.0. The zero-order chi connectivity index (χ0) is 25.1. The Bertz CT molecular complexity index is 1620. The van der Waals surface area contributed by atoms with Crippen LogP contribution in [-0.4, -0.2) is 25.6 Å². The number of rotatable bonds is 7. The third kappa shape index (κ3) is 5.00. The average molecular weight is 514 g/mol. The van der Waals surface area contributed by atoms with Gasteiger partial charge in [0.2, 0.25) is 10.0 Å². The summed E-state index contributed by atoms with van der Waals surface area (Å²) in [6, 6.07) is 29.7. The van der Waals surface area contributed by atoms with E-state index in [0.717, 1.165) is 16.7 Å². The minimum Gasteiger partial charge on any atom is -0.340 e. The second kappa shape index (κ2) is 9.93. The number of carbonyl (C=O) groups is 1. The Labute approximate surface area is 213 Å². The Morgan fingerprint density at radius 3 is 2.19 bits per heavy atom. The van der Waals surface area contributed by atoms with E-state index in [1.807, 2.05) is 90.3 Å². The third-order valence-corrected chi connectivity index (χ3v) is 7.20. The predicted octanol–water partition coefficient (Wildman–Crippen LogP) is 5.85. The highest BCUT2D eigenvalue weighted by Gasteiger charge is 2.26. The van der Waals surface area contributed by atoms with Crippen LogP contribution in [0.2, 0.25) is 0 Å². The summed E-state index contributed by atoms with van der Waals surface area (Å²) < 4.78 is 27.5. The average Bonchev–Trinajstić information content (AvgIpc) is 3.41. The normalized spacial score (nSPS) is 12.2. The third-order valence-electron chi connectivity index (χ3n) is 5.69. The van der Waals surface area contributed by atoms with Crippen molar-refractivity contribution in [3.8, 4) is 11.3 Å². The van der Waals surface area contributed by atoms with Crippen LogP contribution in [-0.2, 0) is 10.0 Å². The summed E-state index contributed by atoms with van der Waals surface area (Å²) >= 11 is 1.54. The van der Waals surface area contributed by atoms with E-state index in [0.29, 0.717) is 22.2 Å². The Hall–Kier alpha value is -4.01. The highest BCUT2D eigenvalue weighted by Crippen LogP contribution is 2.36. The van der Waals surface area contributed by atoms with Gasteiger partial charge in [0.1, 0.15) is 0 Å². The summed E-state index contributed by atoms with van der Waals surface area (Å²) in [5.41, 5.74) is 2.97. The van der Waals surface area contributed by atoms with Gasteiger partial charge in [0.25, 0.3) is 5.91 Å². The molecule has 0 bridgehead atoms. The Morgan fingerprint density at radius 2 is 1.53 bits per heavy atom. The molecule has 0 saturated heterocycles. The molecule has 0 aliphatic rings. The van der Waals surface area contributed by atoms with Gasteiger partial charge in [-0.25, -0.2) is 13.4 Å². The molecule has 0 aliphatic carbocycles. The number of benzene rings is 3. The molecule has 6 nitrogen and oxygen atoms in total. The largest absolute Gasteiger partial charge is 0.340 e. The van der Waals surface area contributed by atoms with Gasteiger partial charge in [-0.15, -0.1) is 11.3 Å². The van der Waals surface area contributed by atoms with Crippen LogP contribution in [0.15, 0.2) is 102 Å². The lowest BCUT2D eigenvalue weighted by Crippen LogP contribution is -2.30. The monoisotopic (exact) mass is 513 g/mol. The summed E-state index contributed by atoms with van der Waals surface area (Å²) in [4.78, 5) is 19.8. The fraction of sp³-hybridized carbons (Fsp3) is 0.0714. The summed E-state index contributed by atoms with van der Waals surface area (Å²) in [7, 11) is -3.72. The van der Waals surface area contributed by atoms with Crippen LogP contribution < -0.4 is 10.0 Å². The molecule has 180 valence electrons. The van der Waals surface area contributed by atoms with Crippen LogP contribution in [0.1, 0.15) is 26.8 Å². The summed E-state index contributed by atoms with van der Waals surface area (Å²) in [5, 5.41) is 5.67. The lowest BCUT2D eigenvalue weighted by atomic mass is 9.99. The number of hydrogen-bond donors (Lipinski definition) is 2. The number of anilines is 1. The number of sulfonamides is 1. The minimum absolute atomic E-state index is 0.151. The first-order chi connectivity index (χ1) is 17.4. The van der Waals surface area contributed by atoms with Crippen LogP contribution in [0, 0.1) is 0 Å². The van der Waals surface area contributed by atoms with Gasteiger partial charge in [0, 0.05) is 15.8 Å². The zero-order valence-corrected chi connectivity index (χ0v) is 21.0. The smallest absolute Gasteiger partial charge is 0.254 e. The molecule has 0 aliphatic heterocycles. The first-order valence-electron chi connectivity index (χ1n) is 11.3. The van der Waals surface area contributed by atoms with Gasteiger partial charge in [-0.2, -0.15) is 0 Å². The number of fused-ring (bicyclic) bond motifs is 1. The number of aromatic nitrogens is 1. The molecule has 0 radical (unpaired) electrons.